The number of nitrogens with two attached hydrogens (primary N) is 1. The number of nitrogen functional groups attached to an aromatic ring is 1. The summed E-state index contributed by atoms with van der Waals surface area (Å²) in [5.74, 6) is -0.191. The Hall–Kier alpha value is -4.44. The van der Waals surface area contributed by atoms with Gasteiger partial charge in [-0.2, -0.15) is 0 Å². The molecular formula is C25H26ClN5O5. The average Bonchev–Trinajstić information content (AvgIpc) is 2.89. The summed E-state index contributed by atoms with van der Waals surface area (Å²) in [6, 6.07) is 15.4. The van der Waals surface area contributed by atoms with Crippen LogP contribution >= 0.6 is 11.6 Å². The van der Waals surface area contributed by atoms with Gasteiger partial charge in [0.25, 0.3) is 11.8 Å². The van der Waals surface area contributed by atoms with Crippen LogP contribution in [0.4, 0.5) is 5.69 Å². The molecule has 0 heterocycles. The molecule has 0 aliphatic rings. The molecule has 0 fully saturated rings. The molecule has 0 aromatic heterocycles. The molecule has 10 nitrogen and oxygen atoms in total. The molecule has 36 heavy (non-hydrogen) atoms. The second-order valence-corrected chi connectivity index (χ2v) is 7.86. The molecule has 6 N–H and O–H groups in total. The van der Waals surface area contributed by atoms with Gasteiger partial charge in [0.1, 0.15) is 11.9 Å². The van der Waals surface area contributed by atoms with E-state index >= 15 is 0 Å². The molecule has 188 valence electrons. The van der Waals surface area contributed by atoms with E-state index in [2.05, 4.69) is 16.2 Å². The van der Waals surface area contributed by atoms with E-state index in [0.29, 0.717) is 34.1 Å². The number of anilines is 1. The first kappa shape index (κ1) is 26.2. The van der Waals surface area contributed by atoms with Crippen LogP contribution in [0.25, 0.3) is 0 Å². The summed E-state index contributed by atoms with van der Waals surface area (Å²) >= 11 is 6.08. The summed E-state index contributed by atoms with van der Waals surface area (Å²) in [5, 5.41) is 10.9. The maximum Gasteiger partial charge on any atom is 0.271 e. The number of amidine groups is 1. The Balaban J connectivity index is 1.93. The van der Waals surface area contributed by atoms with Crippen molar-refractivity contribution in [1.82, 2.24) is 10.9 Å². The zero-order valence-corrected chi connectivity index (χ0v) is 20.6. The number of benzene rings is 3. The van der Waals surface area contributed by atoms with Gasteiger partial charge in [0.15, 0.2) is 11.5 Å². The molecule has 0 bridgehead atoms. The molecule has 1 atom stereocenters. The monoisotopic (exact) mass is 511 g/mol. The highest BCUT2D eigenvalue weighted by Crippen LogP contribution is 2.40. The highest BCUT2D eigenvalue weighted by molar-refractivity contribution is 6.33. The molecule has 11 heteroatoms. The molecule has 0 aliphatic heterocycles. The number of ether oxygens (including phenoxy) is 3. The van der Waals surface area contributed by atoms with Gasteiger partial charge in [-0.25, -0.2) is 0 Å². The van der Waals surface area contributed by atoms with E-state index in [9.17, 15) is 9.59 Å². The normalized spacial score (nSPS) is 11.1. The first-order valence-electron chi connectivity index (χ1n) is 10.6. The minimum atomic E-state index is -1.01. The number of rotatable bonds is 9. The van der Waals surface area contributed by atoms with Crippen LogP contribution in [-0.4, -0.2) is 39.0 Å². The van der Waals surface area contributed by atoms with Crippen LogP contribution in [-0.2, 0) is 4.79 Å². The van der Waals surface area contributed by atoms with Gasteiger partial charge in [-0.1, -0.05) is 23.7 Å². The molecule has 0 saturated carbocycles. The highest BCUT2D eigenvalue weighted by Gasteiger charge is 2.25. The number of carbonyl (C=O) groups excluding carboxylic acids is 2. The topological polar surface area (TPSA) is 148 Å². The summed E-state index contributed by atoms with van der Waals surface area (Å²) < 4.78 is 16.2. The standard InChI is InChI=1S/C25H26ClN5O5/c1-34-19-12-15(13-20(35-2)22(19)36-3)21(29-16-10-8-14(9-11-16)23(27)28)25(33)31-30-24(32)17-6-4-5-7-18(17)26/h4-13,21,29H,1-3H3,(H3,27,28)(H,30,32)(H,31,33). The number of methoxy groups -OCH3 is 3. The third-order valence-corrected chi connectivity index (χ3v) is 5.54. The lowest BCUT2D eigenvalue weighted by Crippen LogP contribution is -2.45. The van der Waals surface area contributed by atoms with Gasteiger partial charge in [-0.15, -0.1) is 0 Å². The van der Waals surface area contributed by atoms with E-state index in [0.717, 1.165) is 0 Å². The Labute approximate surface area is 213 Å². The summed E-state index contributed by atoms with van der Waals surface area (Å²) in [7, 11) is 4.41. The number of amides is 2. The second kappa shape index (κ2) is 11.8. The zero-order chi connectivity index (χ0) is 26.2. The minimum absolute atomic E-state index is 0.0808. The van der Waals surface area contributed by atoms with Gasteiger partial charge in [0.05, 0.1) is 31.9 Å². The van der Waals surface area contributed by atoms with Crippen LogP contribution in [0.2, 0.25) is 5.02 Å². The van der Waals surface area contributed by atoms with Gasteiger partial charge in [-0.3, -0.25) is 25.8 Å². The summed E-state index contributed by atoms with van der Waals surface area (Å²) in [5.41, 5.74) is 12.1. The lowest BCUT2D eigenvalue weighted by molar-refractivity contribution is -0.122. The van der Waals surface area contributed by atoms with Crippen molar-refractivity contribution in [2.45, 2.75) is 6.04 Å². The number of hydrazine groups is 1. The van der Waals surface area contributed by atoms with Crippen molar-refractivity contribution < 1.29 is 23.8 Å². The number of halogens is 1. The second-order valence-electron chi connectivity index (χ2n) is 7.45. The third-order valence-electron chi connectivity index (χ3n) is 5.21. The number of hydrogen-bond donors (Lipinski definition) is 5. The van der Waals surface area contributed by atoms with Crippen LogP contribution in [0.5, 0.6) is 17.2 Å². The fourth-order valence-corrected chi connectivity index (χ4v) is 3.61. The number of carbonyl (C=O) groups is 2. The first-order chi connectivity index (χ1) is 17.3. The summed E-state index contributed by atoms with van der Waals surface area (Å²) in [6.07, 6.45) is 0. The lowest BCUT2D eigenvalue weighted by Gasteiger charge is -2.22. The van der Waals surface area contributed by atoms with Crippen molar-refractivity contribution >= 4 is 34.9 Å². The number of hydrogen-bond acceptors (Lipinski definition) is 7. The molecule has 1 unspecified atom stereocenters. The third kappa shape index (κ3) is 5.97. The van der Waals surface area contributed by atoms with Gasteiger partial charge >= 0.3 is 0 Å². The highest BCUT2D eigenvalue weighted by atomic mass is 35.5. The minimum Gasteiger partial charge on any atom is -0.493 e. The maximum atomic E-state index is 13.3. The van der Waals surface area contributed by atoms with Gasteiger partial charge in [0.2, 0.25) is 5.75 Å². The Morgan fingerprint density at radius 2 is 1.53 bits per heavy atom. The fraction of sp³-hybridized carbons (Fsp3) is 0.160. The van der Waals surface area contributed by atoms with Gasteiger partial charge in [-0.05, 0) is 54.1 Å². The quantitative estimate of drug-likeness (QED) is 0.168. The molecule has 3 aromatic carbocycles. The summed E-state index contributed by atoms with van der Waals surface area (Å²) in [6.45, 7) is 0. The molecule has 3 rings (SSSR count). The van der Waals surface area contributed by atoms with Crippen molar-refractivity contribution in [2.75, 3.05) is 26.6 Å². The van der Waals surface area contributed by atoms with Crippen molar-refractivity contribution in [3.05, 3.63) is 82.4 Å². The first-order valence-corrected chi connectivity index (χ1v) is 11.0. The molecule has 0 spiro atoms. The summed E-state index contributed by atoms with van der Waals surface area (Å²) in [4.78, 5) is 25.9. The van der Waals surface area contributed by atoms with Crippen molar-refractivity contribution in [2.24, 2.45) is 5.73 Å². The van der Waals surface area contributed by atoms with Crippen LogP contribution in [0.15, 0.2) is 60.7 Å². The van der Waals surface area contributed by atoms with E-state index in [1.54, 1.807) is 54.6 Å². The predicted molar refractivity (Wildman–Crippen MR) is 137 cm³/mol. The van der Waals surface area contributed by atoms with Gasteiger partial charge < -0.3 is 25.3 Å². The molecule has 0 radical (unpaired) electrons. The van der Waals surface area contributed by atoms with E-state index in [-0.39, 0.29) is 16.4 Å². The van der Waals surface area contributed by atoms with Crippen molar-refractivity contribution in [3.63, 3.8) is 0 Å². The van der Waals surface area contributed by atoms with E-state index in [1.807, 2.05) is 0 Å². The average molecular weight is 512 g/mol. The van der Waals surface area contributed by atoms with Crippen molar-refractivity contribution in [1.29, 1.82) is 5.41 Å². The van der Waals surface area contributed by atoms with Crippen LogP contribution in [0.1, 0.15) is 27.5 Å². The van der Waals surface area contributed by atoms with Crippen LogP contribution in [0, 0.1) is 5.41 Å². The van der Waals surface area contributed by atoms with E-state index in [4.69, 9.17) is 37.0 Å². The van der Waals surface area contributed by atoms with Crippen LogP contribution < -0.4 is 36.1 Å². The Bertz CT molecular complexity index is 1240. The zero-order valence-electron chi connectivity index (χ0n) is 19.8. The SMILES string of the molecule is COc1cc(C(Nc2ccc(C(=N)N)cc2)C(=O)NNC(=O)c2ccccc2Cl)cc(OC)c1OC. The lowest BCUT2D eigenvalue weighted by atomic mass is 10.0. The van der Waals surface area contributed by atoms with Crippen molar-refractivity contribution in [3.8, 4) is 17.2 Å². The Morgan fingerprint density at radius 1 is 0.917 bits per heavy atom. The molecule has 0 aliphatic carbocycles. The molecular weight excluding hydrogens is 486 g/mol. The van der Waals surface area contributed by atoms with Crippen LogP contribution in [0.3, 0.4) is 0 Å². The van der Waals surface area contributed by atoms with Gasteiger partial charge in [0, 0.05) is 11.3 Å². The van der Waals surface area contributed by atoms with E-state index in [1.165, 1.54) is 27.4 Å². The molecule has 3 aromatic rings. The smallest absolute Gasteiger partial charge is 0.271 e. The molecule has 2 amide bonds. The van der Waals surface area contributed by atoms with E-state index < -0.39 is 17.9 Å². The predicted octanol–water partition coefficient (Wildman–Crippen LogP) is 3.26. The Kier molecular flexibility index (Phi) is 8.58. The largest absolute Gasteiger partial charge is 0.493 e. The Morgan fingerprint density at radius 3 is 2.06 bits per heavy atom. The molecule has 0 saturated heterocycles. The number of nitrogens with one attached hydrogen (secondary N) is 4. The fourth-order valence-electron chi connectivity index (χ4n) is 3.38. The maximum absolute atomic E-state index is 13.3.